The van der Waals surface area contributed by atoms with Gasteiger partial charge in [0.15, 0.2) is 0 Å². The molecule has 0 unspecified atom stereocenters. The van der Waals surface area contributed by atoms with Gasteiger partial charge in [0.25, 0.3) is 10.0 Å². The Kier molecular flexibility index (Phi) is 4.36. The van der Waals surface area contributed by atoms with Crippen LogP contribution in [-0.4, -0.2) is 8.42 Å². The van der Waals surface area contributed by atoms with E-state index in [4.69, 9.17) is 0 Å². The molecule has 0 radical (unpaired) electrons. The highest BCUT2D eigenvalue weighted by Gasteiger charge is 2.23. The lowest BCUT2D eigenvalue weighted by Crippen LogP contribution is -3.68. The average molecular weight is 374 g/mol. The second-order valence-electron chi connectivity index (χ2n) is 3.78. The third-order valence-corrected chi connectivity index (χ3v) is 7.23. The van der Waals surface area contributed by atoms with E-state index in [1.54, 1.807) is 24.3 Å². The monoisotopic (exact) mass is 374 g/mol. The van der Waals surface area contributed by atoms with Gasteiger partial charge in [-0.05, 0) is 31.2 Å². The molecule has 18 heavy (non-hydrogen) atoms. The zero-order valence-corrected chi connectivity index (χ0v) is 12.8. The Morgan fingerprint density at radius 1 is 0.944 bits per heavy atom. The van der Waals surface area contributed by atoms with Crippen LogP contribution in [-0.2, 0) is 10.0 Å². The van der Waals surface area contributed by atoms with Crippen LogP contribution in [0.3, 0.4) is 0 Å². The molecular formula is C13H13INO2S+. The minimum atomic E-state index is -3.38. The van der Waals surface area contributed by atoms with Crippen molar-refractivity contribution in [3.8, 4) is 0 Å². The summed E-state index contributed by atoms with van der Waals surface area (Å²) in [5.41, 5.74) is 1.05. The SMILES string of the molecule is Cc1ccc(S(=O)(=O)N[I+]c2ccccc2)cc1. The molecule has 0 aromatic heterocycles. The number of hydrogen-bond acceptors (Lipinski definition) is 2. The Bertz CT molecular complexity index is 609. The molecule has 2 aromatic carbocycles. The summed E-state index contributed by atoms with van der Waals surface area (Å²) < 4.78 is 27.8. The summed E-state index contributed by atoms with van der Waals surface area (Å²) in [6.07, 6.45) is 0. The summed E-state index contributed by atoms with van der Waals surface area (Å²) in [6.45, 7) is 1.93. The Hall–Kier alpha value is -0.920. The first-order chi connectivity index (χ1) is 8.58. The third-order valence-electron chi connectivity index (χ3n) is 2.31. The number of sulfonamides is 1. The molecule has 0 saturated carbocycles. The van der Waals surface area contributed by atoms with E-state index in [0.29, 0.717) is 4.90 Å². The van der Waals surface area contributed by atoms with E-state index < -0.39 is 31.5 Å². The molecule has 0 saturated heterocycles. The molecule has 94 valence electrons. The molecule has 0 aliphatic heterocycles. The van der Waals surface area contributed by atoms with Crippen LogP contribution in [0.15, 0.2) is 59.5 Å². The van der Waals surface area contributed by atoms with Crippen LogP contribution in [0.4, 0.5) is 0 Å². The molecule has 0 fully saturated rings. The van der Waals surface area contributed by atoms with Crippen molar-refractivity contribution >= 4 is 10.0 Å². The normalized spacial score (nSPS) is 11.4. The van der Waals surface area contributed by atoms with E-state index in [2.05, 4.69) is 2.94 Å². The number of rotatable bonds is 4. The van der Waals surface area contributed by atoms with Gasteiger partial charge >= 0.3 is 21.5 Å². The summed E-state index contributed by atoms with van der Waals surface area (Å²) in [7, 11) is -3.38. The smallest absolute Gasteiger partial charge is 0.204 e. The van der Waals surface area contributed by atoms with E-state index in [9.17, 15) is 8.42 Å². The predicted molar refractivity (Wildman–Crippen MR) is 66.6 cm³/mol. The molecule has 0 bridgehead atoms. The molecule has 3 nitrogen and oxygen atoms in total. The lowest BCUT2D eigenvalue weighted by molar-refractivity contribution is -0.663. The fourth-order valence-electron chi connectivity index (χ4n) is 1.33. The molecule has 1 N–H and O–H groups in total. The van der Waals surface area contributed by atoms with Crippen molar-refractivity contribution in [3.05, 3.63) is 63.7 Å². The average Bonchev–Trinajstić information content (AvgIpc) is 2.38. The summed E-state index contributed by atoms with van der Waals surface area (Å²) in [5, 5.41) is 0. The van der Waals surface area contributed by atoms with Crippen LogP contribution in [0, 0.1) is 10.5 Å². The van der Waals surface area contributed by atoms with Gasteiger partial charge in [0.1, 0.15) is 0 Å². The van der Waals surface area contributed by atoms with E-state index in [-0.39, 0.29) is 0 Å². The van der Waals surface area contributed by atoms with Crippen molar-refractivity contribution in [3.63, 3.8) is 0 Å². The number of aryl methyl sites for hydroxylation is 1. The fraction of sp³-hybridized carbons (Fsp3) is 0.0769. The van der Waals surface area contributed by atoms with Crippen LogP contribution in [0.5, 0.6) is 0 Å². The van der Waals surface area contributed by atoms with E-state index in [1.807, 2.05) is 37.3 Å². The second kappa shape index (κ2) is 5.81. The standard InChI is InChI=1S/C13H13INO2S/c1-11-7-9-13(10-8-11)18(16,17)15-14-12-5-3-2-4-6-12/h2-10,15H,1H3/q+1. The molecule has 0 amide bonds. The largest absolute Gasteiger partial charge is 0.446 e. The van der Waals surface area contributed by atoms with E-state index >= 15 is 0 Å². The van der Waals surface area contributed by atoms with Gasteiger partial charge in [0.2, 0.25) is 3.57 Å². The van der Waals surface area contributed by atoms with Crippen LogP contribution in [0.25, 0.3) is 0 Å². The van der Waals surface area contributed by atoms with Crippen molar-refractivity contribution in [2.45, 2.75) is 11.8 Å². The molecule has 0 aliphatic carbocycles. The van der Waals surface area contributed by atoms with Crippen LogP contribution in [0.1, 0.15) is 5.56 Å². The maximum atomic E-state index is 12.0. The molecule has 2 aromatic rings. The Morgan fingerprint density at radius 2 is 1.56 bits per heavy atom. The molecular weight excluding hydrogens is 361 g/mol. The molecule has 0 atom stereocenters. The van der Waals surface area contributed by atoms with Crippen molar-refractivity contribution < 1.29 is 29.9 Å². The summed E-state index contributed by atoms with van der Waals surface area (Å²) in [4.78, 5) is 0.323. The first kappa shape index (κ1) is 13.5. The highest BCUT2D eigenvalue weighted by molar-refractivity contribution is 7.89. The predicted octanol–water partition coefficient (Wildman–Crippen LogP) is -0.853. The summed E-state index contributed by atoms with van der Waals surface area (Å²) in [6, 6.07) is 16.5. The highest BCUT2D eigenvalue weighted by atomic mass is 127. The number of nitrogens with one attached hydrogen (secondary N) is 1. The van der Waals surface area contributed by atoms with Gasteiger partial charge in [-0.2, -0.15) is 0 Å². The van der Waals surface area contributed by atoms with E-state index in [1.165, 1.54) is 0 Å². The minimum Gasteiger partial charge on any atom is -0.204 e. The lowest BCUT2D eigenvalue weighted by Gasteiger charge is -1.98. The van der Waals surface area contributed by atoms with Gasteiger partial charge in [-0.1, -0.05) is 35.9 Å². The molecule has 0 heterocycles. The summed E-state index contributed by atoms with van der Waals surface area (Å²) in [5.74, 6) is 0. The first-order valence-corrected chi connectivity index (χ1v) is 8.99. The van der Waals surface area contributed by atoms with Crippen molar-refractivity contribution in [1.29, 1.82) is 0 Å². The molecule has 0 aliphatic rings. The van der Waals surface area contributed by atoms with Crippen LogP contribution in [0.2, 0.25) is 0 Å². The van der Waals surface area contributed by atoms with Gasteiger partial charge in [0.05, 0.1) is 4.90 Å². The zero-order chi connectivity index (χ0) is 13.0. The second-order valence-corrected chi connectivity index (χ2v) is 8.52. The molecule has 2 rings (SSSR count). The lowest BCUT2D eigenvalue weighted by atomic mass is 10.2. The topological polar surface area (TPSA) is 46.2 Å². The van der Waals surface area contributed by atoms with E-state index in [0.717, 1.165) is 9.13 Å². The van der Waals surface area contributed by atoms with Gasteiger partial charge < -0.3 is 0 Å². The van der Waals surface area contributed by atoms with Crippen molar-refractivity contribution in [2.24, 2.45) is 0 Å². The number of halogens is 1. The fourth-order valence-corrected chi connectivity index (χ4v) is 5.28. The molecule has 0 spiro atoms. The maximum absolute atomic E-state index is 12.0. The maximum Gasteiger partial charge on any atom is 0.446 e. The third kappa shape index (κ3) is 3.54. The van der Waals surface area contributed by atoms with Crippen molar-refractivity contribution in [2.75, 3.05) is 0 Å². The number of hydrogen-bond donors (Lipinski definition) is 1. The van der Waals surface area contributed by atoms with Crippen LogP contribution >= 0.6 is 0 Å². The van der Waals surface area contributed by atoms with Crippen molar-refractivity contribution in [1.82, 2.24) is 2.94 Å². The van der Waals surface area contributed by atoms with Gasteiger partial charge in [-0.25, -0.2) is 8.42 Å². The van der Waals surface area contributed by atoms with Gasteiger partial charge in [-0.3, -0.25) is 0 Å². The highest BCUT2D eigenvalue weighted by Crippen LogP contribution is 2.08. The summed E-state index contributed by atoms with van der Waals surface area (Å²) >= 11 is -0.735. The molecule has 5 heteroatoms. The Labute approximate surface area is 118 Å². The minimum absolute atomic E-state index is 0.323. The Balaban J connectivity index is 2.11. The number of benzene rings is 2. The Morgan fingerprint density at radius 3 is 2.17 bits per heavy atom. The van der Waals surface area contributed by atoms with Crippen LogP contribution < -0.4 is 24.4 Å². The van der Waals surface area contributed by atoms with Gasteiger partial charge in [0, 0.05) is 2.94 Å². The zero-order valence-electron chi connectivity index (χ0n) is 9.80. The van der Waals surface area contributed by atoms with Gasteiger partial charge in [-0.15, -0.1) is 0 Å². The first-order valence-electron chi connectivity index (χ1n) is 5.35. The quantitative estimate of drug-likeness (QED) is 0.560.